The van der Waals surface area contributed by atoms with Crippen LogP contribution in [0.3, 0.4) is 0 Å². The molecule has 0 unspecified atom stereocenters. The van der Waals surface area contributed by atoms with Crippen LogP contribution in [-0.4, -0.2) is 60.6 Å². The lowest BCUT2D eigenvalue weighted by Crippen LogP contribution is -2.41. The minimum atomic E-state index is -0.476. The molecule has 3 aliphatic rings. The van der Waals surface area contributed by atoms with Gasteiger partial charge >= 0.3 is 21.1 Å². The van der Waals surface area contributed by atoms with Crippen LogP contribution >= 0.6 is 15.9 Å². The smallest absolute Gasteiger partial charge is 0.405 e. The van der Waals surface area contributed by atoms with Crippen molar-refractivity contribution in [1.29, 1.82) is 0 Å². The van der Waals surface area contributed by atoms with Crippen LogP contribution in [0.2, 0.25) is 6.82 Å². The first-order valence-electron chi connectivity index (χ1n) is 10.7. The zero-order chi connectivity index (χ0) is 24.0. The van der Waals surface area contributed by atoms with Crippen LogP contribution in [0.25, 0.3) is 0 Å². The van der Waals surface area contributed by atoms with E-state index in [-0.39, 0.29) is 55.6 Å². The van der Waals surface area contributed by atoms with E-state index in [1.807, 2.05) is 68.0 Å². The highest BCUT2D eigenvalue weighted by Gasteiger charge is 2.63. The summed E-state index contributed by atoms with van der Waals surface area (Å²) in [6.07, 6.45) is 0. The summed E-state index contributed by atoms with van der Waals surface area (Å²) in [6, 6.07) is 0. The Morgan fingerprint density at radius 1 is 0.406 bits per heavy atom. The molecule has 0 N–H and O–H groups in total. The first-order chi connectivity index (χ1) is 13.2. The largest absolute Gasteiger partial charge is 0.488 e. The Labute approximate surface area is 209 Å². The molecule has 0 aromatic heterocycles. The van der Waals surface area contributed by atoms with Crippen molar-refractivity contribution in [2.24, 2.45) is 0 Å². The monoisotopic (exact) mass is 522 g/mol. The van der Waals surface area contributed by atoms with Crippen molar-refractivity contribution >= 4 is 37.1 Å². The van der Waals surface area contributed by atoms with Crippen LogP contribution in [0, 0.1) is 0 Å². The summed E-state index contributed by atoms with van der Waals surface area (Å²) in [4.78, 5) is 0. The van der Waals surface area contributed by atoms with Gasteiger partial charge in [-0.2, -0.15) is 0 Å². The highest BCUT2D eigenvalue weighted by Crippen LogP contribution is 2.43. The van der Waals surface area contributed by atoms with Crippen molar-refractivity contribution in [2.45, 2.75) is 138 Å². The number of halogens is 1. The lowest BCUT2D eigenvalue weighted by atomic mass is 9.49. The molecule has 32 heavy (non-hydrogen) atoms. The Morgan fingerprint density at radius 3 is 0.688 bits per heavy atom. The molecule has 6 nitrogen and oxygen atoms in total. The summed E-state index contributed by atoms with van der Waals surface area (Å²) in [5, 5.41) is 0. The third-order valence-electron chi connectivity index (χ3n) is 7.14. The lowest BCUT2D eigenvalue weighted by molar-refractivity contribution is 0.00578. The van der Waals surface area contributed by atoms with E-state index < -0.39 is 14.0 Å². The van der Waals surface area contributed by atoms with Crippen LogP contribution in [-0.2, 0) is 27.9 Å². The van der Waals surface area contributed by atoms with Gasteiger partial charge in [0.25, 0.3) is 0 Å². The number of rotatable bonds is 1. The van der Waals surface area contributed by atoms with Crippen LogP contribution < -0.4 is 0 Å². The average molecular weight is 523 g/mol. The number of hydrogen-bond acceptors (Lipinski definition) is 6. The molecule has 0 aromatic carbocycles. The van der Waals surface area contributed by atoms with E-state index in [4.69, 9.17) is 27.9 Å². The van der Waals surface area contributed by atoms with Crippen molar-refractivity contribution < 1.29 is 27.9 Å². The van der Waals surface area contributed by atoms with Crippen molar-refractivity contribution in [3.8, 4) is 0 Å². The average Bonchev–Trinajstić information content (AvgIpc) is 2.96. The summed E-state index contributed by atoms with van der Waals surface area (Å²) in [7, 11) is -1.02. The molecule has 0 spiro atoms. The highest BCUT2D eigenvalue weighted by molar-refractivity contribution is 9.08. The molecular formula is C22H50B3BrO6. The van der Waals surface area contributed by atoms with Crippen molar-refractivity contribution in [3.05, 3.63) is 0 Å². The van der Waals surface area contributed by atoms with E-state index in [1.54, 1.807) is 0 Å². The summed E-state index contributed by atoms with van der Waals surface area (Å²) in [6.45, 7) is 26.3. The van der Waals surface area contributed by atoms with Crippen LogP contribution in [0.5, 0.6) is 0 Å². The van der Waals surface area contributed by atoms with Gasteiger partial charge in [-0.1, -0.05) is 30.8 Å². The maximum atomic E-state index is 5.96. The first-order valence-corrected chi connectivity index (χ1v) is 12.3. The van der Waals surface area contributed by atoms with E-state index in [0.29, 0.717) is 0 Å². The second-order valence-corrected chi connectivity index (χ2v) is 11.1. The zero-order valence-electron chi connectivity index (χ0n) is 21.6. The third kappa shape index (κ3) is 6.99. The Morgan fingerprint density at radius 2 is 0.562 bits per heavy atom. The summed E-state index contributed by atoms with van der Waals surface area (Å²) >= 11 is 2.94. The van der Waals surface area contributed by atoms with E-state index in [0.717, 1.165) is 0 Å². The quantitative estimate of drug-likeness (QED) is 0.300. The number of alkyl halides is 1. The third-order valence-corrected chi connectivity index (χ3v) is 7.14. The van der Waals surface area contributed by atoms with E-state index >= 15 is 0 Å². The fourth-order valence-corrected chi connectivity index (χ4v) is 3.14. The predicted octanol–water partition coefficient (Wildman–Crippen LogP) is 6.24. The van der Waals surface area contributed by atoms with Crippen LogP contribution in [0.15, 0.2) is 0 Å². The highest BCUT2D eigenvalue weighted by atomic mass is 79.9. The van der Waals surface area contributed by atoms with Crippen molar-refractivity contribution in [3.63, 3.8) is 0 Å². The molecule has 3 heterocycles. The molecule has 0 atom stereocenters. The van der Waals surface area contributed by atoms with Gasteiger partial charge in [0.05, 0.1) is 33.6 Å². The van der Waals surface area contributed by atoms with Gasteiger partial charge in [0, 0.05) is 0 Å². The van der Waals surface area contributed by atoms with E-state index in [2.05, 4.69) is 43.6 Å². The maximum Gasteiger partial charge on any atom is 0.488 e. The Hall–Kier alpha value is 0.435. The Bertz CT molecular complexity index is 514. The summed E-state index contributed by atoms with van der Waals surface area (Å²) < 4.78 is 34.9. The molecular weight excluding hydrogens is 473 g/mol. The zero-order valence-corrected chi connectivity index (χ0v) is 23.1. The maximum absolute atomic E-state index is 5.96. The molecule has 3 saturated heterocycles. The second-order valence-electron chi connectivity index (χ2n) is 11.1. The van der Waals surface area contributed by atoms with Gasteiger partial charge in [-0.25, -0.2) is 0 Å². The van der Waals surface area contributed by atoms with Gasteiger partial charge in [-0.15, -0.1) is 0 Å². The van der Waals surface area contributed by atoms with E-state index in [1.165, 1.54) is 0 Å². The topological polar surface area (TPSA) is 55.4 Å². The molecule has 0 bridgehead atoms. The van der Waals surface area contributed by atoms with Gasteiger partial charge < -0.3 is 27.9 Å². The molecule has 10 heteroatoms. The van der Waals surface area contributed by atoms with Gasteiger partial charge in [0.2, 0.25) is 0 Å². The molecule has 3 fully saturated rings. The lowest BCUT2D eigenvalue weighted by Gasteiger charge is -2.32. The normalized spacial score (nSPS) is 27.3. The van der Waals surface area contributed by atoms with E-state index in [9.17, 15) is 0 Å². The minimum absolute atomic E-state index is 0. The van der Waals surface area contributed by atoms with Crippen LogP contribution in [0.1, 0.15) is 97.9 Å². The molecule has 3 rings (SSSR count). The fourth-order valence-electron chi connectivity index (χ4n) is 3.14. The van der Waals surface area contributed by atoms with Gasteiger partial charge in [-0.3, -0.25) is 0 Å². The fraction of sp³-hybridized carbons (Fsp3) is 1.00. The summed E-state index contributed by atoms with van der Waals surface area (Å²) in [5.41, 5.74) is -1.76. The molecule has 0 amide bonds. The molecule has 3 aliphatic heterocycles. The molecule has 0 aliphatic carbocycles. The minimum Gasteiger partial charge on any atom is -0.405 e. The van der Waals surface area contributed by atoms with Gasteiger partial charge in [-0.05, 0) is 95.7 Å². The van der Waals surface area contributed by atoms with Crippen molar-refractivity contribution in [1.82, 2.24) is 0 Å². The second kappa shape index (κ2) is 11.0. The molecule has 190 valence electrons. The standard InChI is InChI=1S/C12H24B2O4.C7H15BO2.CH3Br.2CH4/c1-9(2)10(3,4)16-13(15-9)14-17-11(5,6)12(7,8)18-14;1-6(2)7(3,4)10-8(5)9-6;1-2;;/h1-8H3;1-5H3;1H3;2*1H4. The predicted molar refractivity (Wildman–Crippen MR) is 142 cm³/mol. The number of hydrogen-bond donors (Lipinski definition) is 0. The Balaban J connectivity index is 0. The SMILES string of the molecule is C.C.CB1OC(C)(C)C(C)(C)O1.CBr.CC1(C)OB(B2OC(C)(C)C(C)(C)O2)OC1(C)C. The van der Waals surface area contributed by atoms with Gasteiger partial charge in [0.15, 0.2) is 0 Å². The molecule has 0 aromatic rings. The molecule has 0 saturated carbocycles. The van der Waals surface area contributed by atoms with Gasteiger partial charge in [0.1, 0.15) is 0 Å². The summed E-state index contributed by atoms with van der Waals surface area (Å²) in [5.74, 6) is 1.81. The molecule has 0 radical (unpaired) electrons. The first kappa shape index (κ1) is 34.6. The Kier molecular flexibility index (Phi) is 11.9. The van der Waals surface area contributed by atoms with Crippen molar-refractivity contribution in [2.75, 3.05) is 5.83 Å². The van der Waals surface area contributed by atoms with Crippen LogP contribution in [0.4, 0.5) is 0 Å².